The van der Waals surface area contributed by atoms with Gasteiger partial charge in [0.2, 0.25) is 0 Å². The first kappa shape index (κ1) is 34.7. The van der Waals surface area contributed by atoms with Gasteiger partial charge in [-0.2, -0.15) is 26.3 Å². The van der Waals surface area contributed by atoms with Crippen LogP contribution in [0, 0.1) is 0 Å². The van der Waals surface area contributed by atoms with E-state index in [0.717, 1.165) is 16.5 Å². The number of hydrogen-bond acceptors (Lipinski definition) is 7. The molecule has 47 heavy (non-hydrogen) atoms. The van der Waals surface area contributed by atoms with Crippen LogP contribution in [0.4, 0.5) is 26.3 Å². The Hall–Kier alpha value is -3.63. The summed E-state index contributed by atoms with van der Waals surface area (Å²) in [5.41, 5.74) is -1.43. The smallest absolute Gasteiger partial charge is 0.394 e. The minimum atomic E-state index is -5.08. The molecule has 1 N–H and O–H groups in total. The SMILES string of the molecule is CC(CN1CCN(C(=O)c2cc(C(F)(F)F)cc(C(F)(F)F)c2)[C@H](Cc2c[nH]c3ccccc23)C1)=NOCCN1CCS(=O)(=O)CC1. The van der Waals surface area contributed by atoms with E-state index in [1.54, 1.807) is 13.1 Å². The van der Waals surface area contributed by atoms with Gasteiger partial charge >= 0.3 is 12.4 Å². The number of carbonyl (C=O) groups excluding carboxylic acids is 1. The molecule has 2 fully saturated rings. The van der Waals surface area contributed by atoms with Crippen LogP contribution in [-0.2, 0) is 33.4 Å². The number of aromatic nitrogens is 1. The molecule has 0 bridgehead atoms. The summed E-state index contributed by atoms with van der Waals surface area (Å²) in [5, 5.41) is 5.07. The molecular formula is C31H35F6N5O4S. The van der Waals surface area contributed by atoms with Gasteiger partial charge in [0.15, 0.2) is 9.84 Å². The Morgan fingerprint density at radius 2 is 1.62 bits per heavy atom. The fraction of sp³-hybridized carbons (Fsp3) is 0.484. The molecule has 0 saturated carbocycles. The van der Waals surface area contributed by atoms with Crippen molar-refractivity contribution in [2.24, 2.45) is 5.16 Å². The molecule has 3 aromatic rings. The van der Waals surface area contributed by atoms with Crippen molar-refractivity contribution in [3.05, 3.63) is 70.9 Å². The molecule has 1 aromatic heterocycles. The minimum Gasteiger partial charge on any atom is -0.394 e. The molecule has 9 nitrogen and oxygen atoms in total. The lowest BCUT2D eigenvalue weighted by Crippen LogP contribution is -2.56. The third-order valence-electron chi connectivity index (χ3n) is 8.40. The number of aromatic amines is 1. The number of fused-ring (bicyclic) bond motifs is 1. The average molecular weight is 688 g/mol. The van der Waals surface area contributed by atoms with Gasteiger partial charge in [0.1, 0.15) is 6.61 Å². The molecule has 0 radical (unpaired) electrons. The van der Waals surface area contributed by atoms with E-state index in [1.807, 2.05) is 34.1 Å². The number of alkyl halides is 6. The number of piperazine rings is 1. The van der Waals surface area contributed by atoms with Crippen molar-refractivity contribution in [2.75, 3.05) is 63.9 Å². The molecule has 3 heterocycles. The van der Waals surface area contributed by atoms with E-state index in [0.29, 0.717) is 57.0 Å². The number of H-pyrrole nitrogens is 1. The third-order valence-corrected chi connectivity index (χ3v) is 10.0. The highest BCUT2D eigenvalue weighted by Crippen LogP contribution is 2.37. The van der Waals surface area contributed by atoms with E-state index >= 15 is 0 Å². The normalized spacial score (nSPS) is 20.1. The van der Waals surface area contributed by atoms with Gasteiger partial charge < -0.3 is 14.7 Å². The lowest BCUT2D eigenvalue weighted by molar-refractivity contribution is -0.143. The maximum Gasteiger partial charge on any atom is 0.416 e. The molecule has 0 unspecified atom stereocenters. The highest BCUT2D eigenvalue weighted by molar-refractivity contribution is 7.91. The van der Waals surface area contributed by atoms with E-state index in [1.165, 1.54) is 4.90 Å². The Kier molecular flexibility index (Phi) is 10.2. The number of amides is 1. The van der Waals surface area contributed by atoms with Gasteiger partial charge in [0.25, 0.3) is 5.91 Å². The summed E-state index contributed by atoms with van der Waals surface area (Å²) >= 11 is 0. The standard InChI is InChI=1S/C31H35F6N5O4S/c1-21(39-46-11-8-40-9-12-47(44,45)13-10-40)19-41-6-7-42(26(20-41)16-23-18-38-28-5-3-2-4-27(23)28)29(43)22-14-24(30(32,33)34)17-25(15-22)31(35,36)37/h2-5,14-15,17-18,26,38H,6-13,16,19-20H2,1H3/t26-/m1/s1. The van der Waals surface area contributed by atoms with Crippen LogP contribution in [0.2, 0.25) is 0 Å². The number of nitrogens with zero attached hydrogens (tertiary/aromatic N) is 4. The van der Waals surface area contributed by atoms with Gasteiger partial charge in [-0.05, 0) is 43.2 Å². The summed E-state index contributed by atoms with van der Waals surface area (Å²) in [6, 6.07) is 7.87. The summed E-state index contributed by atoms with van der Waals surface area (Å²) < 4.78 is 105. The Balaban J connectivity index is 1.31. The lowest BCUT2D eigenvalue weighted by Gasteiger charge is -2.41. The molecule has 2 saturated heterocycles. The summed E-state index contributed by atoms with van der Waals surface area (Å²) in [5.74, 6) is -0.688. The second-order valence-electron chi connectivity index (χ2n) is 11.9. The largest absolute Gasteiger partial charge is 0.416 e. The molecule has 2 aliphatic heterocycles. The van der Waals surface area contributed by atoms with Gasteiger partial charge in [0.05, 0.1) is 28.3 Å². The summed E-state index contributed by atoms with van der Waals surface area (Å²) in [7, 11) is -2.98. The Labute approximate surface area is 268 Å². The maximum atomic E-state index is 13.7. The molecule has 1 amide bonds. The van der Waals surface area contributed by atoms with Gasteiger partial charge in [-0.3, -0.25) is 14.6 Å². The summed E-state index contributed by atoms with van der Waals surface area (Å²) in [4.78, 5) is 27.7. The van der Waals surface area contributed by atoms with Crippen molar-refractivity contribution in [1.29, 1.82) is 0 Å². The van der Waals surface area contributed by atoms with Crippen LogP contribution in [0.1, 0.15) is 34.0 Å². The van der Waals surface area contributed by atoms with Crippen LogP contribution < -0.4 is 0 Å². The number of oxime groups is 1. The van der Waals surface area contributed by atoms with Gasteiger partial charge in [-0.1, -0.05) is 23.4 Å². The second kappa shape index (κ2) is 13.8. The van der Waals surface area contributed by atoms with E-state index < -0.39 is 50.8 Å². The van der Waals surface area contributed by atoms with Crippen molar-refractivity contribution in [2.45, 2.75) is 31.7 Å². The van der Waals surface area contributed by atoms with Crippen molar-refractivity contribution in [1.82, 2.24) is 19.7 Å². The van der Waals surface area contributed by atoms with Crippen molar-refractivity contribution in [3.63, 3.8) is 0 Å². The molecule has 2 aromatic carbocycles. The zero-order chi connectivity index (χ0) is 34.0. The van der Waals surface area contributed by atoms with Crippen molar-refractivity contribution >= 4 is 32.4 Å². The van der Waals surface area contributed by atoms with Crippen molar-refractivity contribution in [3.8, 4) is 0 Å². The number of nitrogens with one attached hydrogen (secondary N) is 1. The topological polar surface area (TPSA) is 98.3 Å². The predicted molar refractivity (Wildman–Crippen MR) is 164 cm³/mol. The first-order chi connectivity index (χ1) is 22.1. The number of benzene rings is 2. The van der Waals surface area contributed by atoms with Crippen LogP contribution in [0.3, 0.4) is 0 Å². The fourth-order valence-electron chi connectivity index (χ4n) is 5.96. The molecular weight excluding hydrogens is 652 g/mol. The van der Waals surface area contributed by atoms with E-state index in [2.05, 4.69) is 10.1 Å². The minimum absolute atomic E-state index is 0.0132. The fourth-order valence-corrected chi connectivity index (χ4v) is 7.23. The number of rotatable bonds is 9. The van der Waals surface area contributed by atoms with Crippen LogP contribution >= 0.6 is 0 Å². The average Bonchev–Trinajstić information content (AvgIpc) is 3.41. The van der Waals surface area contributed by atoms with Gasteiger partial charge in [0, 0.05) is 74.5 Å². The summed E-state index contributed by atoms with van der Waals surface area (Å²) in [6.07, 6.45) is -8.07. The van der Waals surface area contributed by atoms with Gasteiger partial charge in [-0.15, -0.1) is 0 Å². The highest BCUT2D eigenvalue weighted by Gasteiger charge is 2.39. The molecule has 16 heteroatoms. The highest BCUT2D eigenvalue weighted by atomic mass is 32.2. The number of halogens is 6. The molecule has 256 valence electrons. The van der Waals surface area contributed by atoms with Gasteiger partial charge in [-0.25, -0.2) is 8.42 Å². The quantitative estimate of drug-likeness (QED) is 0.152. The Morgan fingerprint density at radius 3 is 2.28 bits per heavy atom. The third kappa shape index (κ3) is 8.84. The Morgan fingerprint density at radius 1 is 0.957 bits per heavy atom. The molecule has 1 atom stereocenters. The predicted octanol–water partition coefficient (Wildman–Crippen LogP) is 4.70. The first-order valence-corrected chi connectivity index (χ1v) is 16.9. The van der Waals surface area contributed by atoms with E-state index in [9.17, 15) is 39.6 Å². The maximum absolute atomic E-state index is 13.7. The zero-order valence-electron chi connectivity index (χ0n) is 25.6. The molecule has 2 aliphatic rings. The van der Waals surface area contributed by atoms with Crippen LogP contribution in [0.15, 0.2) is 53.8 Å². The second-order valence-corrected chi connectivity index (χ2v) is 14.2. The number of sulfone groups is 1. The van der Waals surface area contributed by atoms with Crippen LogP contribution in [0.5, 0.6) is 0 Å². The number of carbonyl (C=O) groups is 1. The van der Waals surface area contributed by atoms with E-state index in [4.69, 9.17) is 4.84 Å². The lowest BCUT2D eigenvalue weighted by atomic mass is 9.98. The molecule has 0 aliphatic carbocycles. The molecule has 0 spiro atoms. The monoisotopic (exact) mass is 687 g/mol. The van der Waals surface area contributed by atoms with Crippen molar-refractivity contribution < 1.29 is 44.4 Å². The summed E-state index contributed by atoms with van der Waals surface area (Å²) in [6.45, 7) is 4.43. The zero-order valence-corrected chi connectivity index (χ0v) is 26.4. The van der Waals surface area contributed by atoms with Crippen LogP contribution in [-0.4, -0.2) is 110 Å². The number of hydrogen-bond donors (Lipinski definition) is 1. The van der Waals surface area contributed by atoms with Crippen LogP contribution in [0.25, 0.3) is 10.9 Å². The Bertz CT molecular complexity index is 1680. The first-order valence-electron chi connectivity index (χ1n) is 15.0. The molecule has 5 rings (SSSR count). The van der Waals surface area contributed by atoms with E-state index in [-0.39, 0.29) is 37.3 Å². The number of para-hydroxylation sites is 1.